The lowest BCUT2D eigenvalue weighted by molar-refractivity contribution is -0.128. The number of nitrogens with two attached hydrogens (primary N) is 1. The molecule has 1 aromatic rings. The number of aliphatic imine (C=N–C) groups is 1. The number of nitrogens with one attached hydrogen (secondary N) is 1. The summed E-state index contributed by atoms with van der Waals surface area (Å²) in [5, 5.41) is 3.03. The predicted molar refractivity (Wildman–Crippen MR) is 79.3 cm³/mol. The van der Waals surface area contributed by atoms with E-state index in [-0.39, 0.29) is 5.91 Å². The highest BCUT2D eigenvalue weighted by molar-refractivity contribution is 5.92. The largest absolute Gasteiger partial charge is 0.370 e. The number of nitrogens with zero attached hydrogens (tertiary/aromatic N) is 2. The summed E-state index contributed by atoms with van der Waals surface area (Å²) in [5.74, 6) is 0.375. The number of carbonyl (C=O) groups excluding carboxylic acids is 1. The molecule has 0 radical (unpaired) electrons. The van der Waals surface area contributed by atoms with Gasteiger partial charge in [-0.25, -0.2) is 0 Å². The van der Waals surface area contributed by atoms with Crippen molar-refractivity contribution in [3.63, 3.8) is 0 Å². The van der Waals surface area contributed by atoms with Gasteiger partial charge in [0.2, 0.25) is 5.91 Å². The Morgan fingerprint density at radius 3 is 2.37 bits per heavy atom. The average Bonchev–Trinajstić information content (AvgIpc) is 2.26. The molecule has 0 saturated heterocycles. The SMILES string of the molecule is Cc1cc(C)cc(NC(N)=NCCC(=O)N(C)C)c1. The monoisotopic (exact) mass is 262 g/mol. The molecule has 5 nitrogen and oxygen atoms in total. The van der Waals surface area contributed by atoms with Crippen LogP contribution in [0.2, 0.25) is 0 Å². The molecule has 0 aliphatic rings. The van der Waals surface area contributed by atoms with Crippen molar-refractivity contribution in [1.29, 1.82) is 0 Å². The van der Waals surface area contributed by atoms with Crippen LogP contribution in [0.1, 0.15) is 17.5 Å². The molecular formula is C14H22N4O. The quantitative estimate of drug-likeness (QED) is 0.638. The van der Waals surface area contributed by atoms with E-state index >= 15 is 0 Å². The molecule has 1 amide bonds. The lowest BCUT2D eigenvalue weighted by Gasteiger charge is -2.10. The molecular weight excluding hydrogens is 240 g/mol. The maximum Gasteiger partial charge on any atom is 0.223 e. The van der Waals surface area contributed by atoms with Gasteiger partial charge in [0.1, 0.15) is 0 Å². The normalized spacial score (nSPS) is 11.3. The smallest absolute Gasteiger partial charge is 0.223 e. The summed E-state index contributed by atoms with van der Waals surface area (Å²) < 4.78 is 0. The molecule has 3 N–H and O–H groups in total. The van der Waals surface area contributed by atoms with Gasteiger partial charge in [-0.05, 0) is 37.1 Å². The number of hydrogen-bond donors (Lipinski definition) is 2. The topological polar surface area (TPSA) is 70.7 Å². The first-order valence-corrected chi connectivity index (χ1v) is 6.24. The summed E-state index contributed by atoms with van der Waals surface area (Å²) in [6.45, 7) is 4.45. The number of aryl methyl sites for hydroxylation is 2. The molecule has 0 atom stereocenters. The van der Waals surface area contributed by atoms with Gasteiger partial charge in [-0.2, -0.15) is 0 Å². The highest BCUT2D eigenvalue weighted by Gasteiger charge is 2.02. The Hall–Kier alpha value is -2.04. The van der Waals surface area contributed by atoms with Crippen molar-refractivity contribution in [2.75, 3.05) is 26.0 Å². The minimum absolute atomic E-state index is 0.0444. The van der Waals surface area contributed by atoms with Crippen LogP contribution in [0.5, 0.6) is 0 Å². The van der Waals surface area contributed by atoms with Crippen molar-refractivity contribution >= 4 is 17.6 Å². The zero-order chi connectivity index (χ0) is 14.4. The summed E-state index contributed by atoms with van der Waals surface area (Å²) >= 11 is 0. The van der Waals surface area contributed by atoms with Crippen LogP contribution >= 0.6 is 0 Å². The number of rotatable bonds is 4. The number of hydrogen-bond acceptors (Lipinski definition) is 2. The molecule has 19 heavy (non-hydrogen) atoms. The Labute approximate surface area is 114 Å². The van der Waals surface area contributed by atoms with Crippen LogP contribution in [0.25, 0.3) is 0 Å². The van der Waals surface area contributed by atoms with Crippen molar-refractivity contribution in [2.45, 2.75) is 20.3 Å². The van der Waals surface area contributed by atoms with E-state index in [0.717, 1.165) is 16.8 Å². The lowest BCUT2D eigenvalue weighted by atomic mass is 10.1. The molecule has 5 heteroatoms. The number of amides is 1. The van der Waals surface area contributed by atoms with Crippen LogP contribution in [0.3, 0.4) is 0 Å². The van der Waals surface area contributed by atoms with Crippen molar-refractivity contribution < 1.29 is 4.79 Å². The minimum Gasteiger partial charge on any atom is -0.370 e. The van der Waals surface area contributed by atoms with Crippen molar-refractivity contribution in [3.8, 4) is 0 Å². The van der Waals surface area contributed by atoms with Gasteiger partial charge in [0, 0.05) is 26.2 Å². The first kappa shape index (κ1) is 15.0. The molecule has 104 valence electrons. The van der Waals surface area contributed by atoms with Gasteiger partial charge in [0.15, 0.2) is 5.96 Å². The molecule has 1 rings (SSSR count). The summed E-state index contributed by atoms with van der Waals surface area (Å²) in [6.07, 6.45) is 0.363. The molecule has 0 spiro atoms. The molecule has 0 aliphatic heterocycles. The average molecular weight is 262 g/mol. The second-order valence-corrected chi connectivity index (χ2v) is 4.81. The van der Waals surface area contributed by atoms with Gasteiger partial charge in [0.25, 0.3) is 0 Å². The van der Waals surface area contributed by atoms with Gasteiger partial charge in [-0.15, -0.1) is 0 Å². The zero-order valence-corrected chi connectivity index (χ0v) is 12.0. The molecule has 1 aromatic carbocycles. The first-order chi connectivity index (χ1) is 8.88. The fraction of sp³-hybridized carbons (Fsp3) is 0.429. The van der Waals surface area contributed by atoms with Crippen LogP contribution in [0.15, 0.2) is 23.2 Å². The van der Waals surface area contributed by atoms with Crippen LogP contribution in [-0.4, -0.2) is 37.4 Å². The Balaban J connectivity index is 2.54. The van der Waals surface area contributed by atoms with Crippen LogP contribution in [0, 0.1) is 13.8 Å². The van der Waals surface area contributed by atoms with E-state index in [1.54, 1.807) is 19.0 Å². The molecule has 0 unspecified atom stereocenters. The highest BCUT2D eigenvalue weighted by atomic mass is 16.2. The lowest BCUT2D eigenvalue weighted by Crippen LogP contribution is -2.25. The third-order valence-electron chi connectivity index (χ3n) is 2.60. The van der Waals surface area contributed by atoms with Crippen molar-refractivity contribution in [2.24, 2.45) is 10.7 Å². The van der Waals surface area contributed by atoms with E-state index in [4.69, 9.17) is 5.73 Å². The van der Waals surface area contributed by atoms with Gasteiger partial charge < -0.3 is 16.0 Å². The van der Waals surface area contributed by atoms with E-state index in [9.17, 15) is 4.79 Å². The van der Waals surface area contributed by atoms with Gasteiger partial charge in [-0.3, -0.25) is 9.79 Å². The van der Waals surface area contributed by atoms with Crippen molar-refractivity contribution in [3.05, 3.63) is 29.3 Å². The predicted octanol–water partition coefficient (Wildman–Crippen LogP) is 1.51. The molecule has 0 aliphatic carbocycles. The number of guanidine groups is 1. The standard InChI is InChI=1S/C14H22N4O/c1-10-7-11(2)9-12(8-10)17-14(15)16-6-5-13(19)18(3)4/h7-9H,5-6H2,1-4H3,(H3,15,16,17). The van der Waals surface area contributed by atoms with E-state index < -0.39 is 0 Å². The van der Waals surface area contributed by atoms with Crippen LogP contribution < -0.4 is 11.1 Å². The Morgan fingerprint density at radius 2 is 1.84 bits per heavy atom. The third kappa shape index (κ3) is 5.42. The third-order valence-corrected chi connectivity index (χ3v) is 2.60. The Bertz CT molecular complexity index is 460. The highest BCUT2D eigenvalue weighted by Crippen LogP contribution is 2.13. The zero-order valence-electron chi connectivity index (χ0n) is 12.0. The summed E-state index contributed by atoms with van der Waals surface area (Å²) in [6, 6.07) is 6.09. The fourth-order valence-electron chi connectivity index (χ4n) is 1.73. The summed E-state index contributed by atoms with van der Waals surface area (Å²) in [7, 11) is 3.45. The van der Waals surface area contributed by atoms with E-state index in [2.05, 4.69) is 16.4 Å². The van der Waals surface area contributed by atoms with Crippen LogP contribution in [-0.2, 0) is 4.79 Å². The second-order valence-electron chi connectivity index (χ2n) is 4.81. The molecule has 0 saturated carbocycles. The van der Waals surface area contributed by atoms with Gasteiger partial charge in [-0.1, -0.05) is 6.07 Å². The number of anilines is 1. The van der Waals surface area contributed by atoms with E-state index in [0.29, 0.717) is 18.9 Å². The number of carbonyl (C=O) groups is 1. The van der Waals surface area contributed by atoms with Gasteiger partial charge >= 0.3 is 0 Å². The summed E-state index contributed by atoms with van der Waals surface area (Å²) in [5.41, 5.74) is 9.03. The molecule has 0 heterocycles. The Kier molecular flexibility index (Phi) is 5.36. The maximum absolute atomic E-state index is 11.4. The van der Waals surface area contributed by atoms with Crippen LogP contribution in [0.4, 0.5) is 5.69 Å². The number of benzene rings is 1. The maximum atomic E-state index is 11.4. The Morgan fingerprint density at radius 1 is 1.26 bits per heavy atom. The van der Waals surface area contributed by atoms with E-state index in [1.165, 1.54) is 0 Å². The second kappa shape index (κ2) is 6.78. The van der Waals surface area contributed by atoms with Gasteiger partial charge in [0.05, 0.1) is 6.54 Å². The van der Waals surface area contributed by atoms with E-state index in [1.807, 2.05) is 26.0 Å². The molecule has 0 fully saturated rings. The molecule has 0 aromatic heterocycles. The first-order valence-electron chi connectivity index (χ1n) is 6.24. The van der Waals surface area contributed by atoms with Crippen molar-refractivity contribution in [1.82, 2.24) is 4.90 Å². The summed E-state index contributed by atoms with van der Waals surface area (Å²) in [4.78, 5) is 17.0. The fourth-order valence-corrected chi connectivity index (χ4v) is 1.73. The minimum atomic E-state index is 0.0444. The molecule has 0 bridgehead atoms.